The van der Waals surface area contributed by atoms with Crippen LogP contribution in [0.3, 0.4) is 0 Å². The van der Waals surface area contributed by atoms with Crippen LogP contribution in [0.15, 0.2) is 46.9 Å². The van der Waals surface area contributed by atoms with E-state index in [4.69, 9.17) is 0 Å². The molecule has 96 valence electrons. The molecule has 0 bridgehead atoms. The van der Waals surface area contributed by atoms with E-state index in [1.807, 2.05) is 0 Å². The van der Waals surface area contributed by atoms with E-state index in [1.54, 1.807) is 18.2 Å². The first-order chi connectivity index (χ1) is 9.11. The number of nitrogens with one attached hydrogen (secondary N) is 1. The topological polar surface area (TPSA) is 46.2 Å². The van der Waals surface area contributed by atoms with Crippen LogP contribution in [-0.4, -0.2) is 12.2 Å². The third-order valence-electron chi connectivity index (χ3n) is 2.55. The van der Waals surface area contributed by atoms with Crippen molar-refractivity contribution in [3.8, 4) is 0 Å². The van der Waals surface area contributed by atoms with Gasteiger partial charge in [0.1, 0.15) is 5.82 Å². The zero-order valence-electron chi connectivity index (χ0n) is 9.69. The largest absolute Gasteiger partial charge is 0.328 e. The number of hydrogen-bond donors (Lipinski definition) is 1. The van der Waals surface area contributed by atoms with Crippen molar-refractivity contribution in [1.29, 1.82) is 0 Å². The number of hydrogen-bond acceptors (Lipinski definition) is 2. The van der Waals surface area contributed by atoms with E-state index in [2.05, 4.69) is 21.2 Å². The van der Waals surface area contributed by atoms with Gasteiger partial charge in [-0.25, -0.2) is 4.39 Å². The third kappa shape index (κ3) is 3.06. The Morgan fingerprint density at radius 3 is 2.47 bits per heavy atom. The molecule has 0 saturated carbocycles. The Hall–Kier alpha value is -2.01. The molecule has 0 aliphatic rings. The van der Waals surface area contributed by atoms with E-state index in [0.29, 0.717) is 23.2 Å². The van der Waals surface area contributed by atoms with Crippen molar-refractivity contribution in [2.75, 3.05) is 5.32 Å². The van der Waals surface area contributed by atoms with Crippen LogP contribution in [0, 0.1) is 5.82 Å². The normalized spacial score (nSPS) is 10.0. The van der Waals surface area contributed by atoms with E-state index in [0.717, 1.165) is 4.47 Å². The lowest BCUT2D eigenvalue weighted by atomic mass is 10.0. The van der Waals surface area contributed by atoms with Crippen molar-refractivity contribution in [3.05, 3.63) is 63.9 Å². The minimum Gasteiger partial charge on any atom is -0.328 e. The number of carbonyl (C=O) groups excluding carboxylic acids is 2. The molecule has 0 atom stereocenters. The standard InChI is InChI=1S/C14H9BrFNO2/c15-10-3-6-13(17-8-18)12(7-10)14(19)9-1-4-11(16)5-2-9/h1-8H,(H,17,18). The van der Waals surface area contributed by atoms with Crippen LogP contribution in [0.25, 0.3) is 0 Å². The fourth-order valence-electron chi connectivity index (χ4n) is 1.65. The quantitative estimate of drug-likeness (QED) is 0.693. The molecule has 2 aromatic carbocycles. The fraction of sp³-hybridized carbons (Fsp3) is 0. The lowest BCUT2D eigenvalue weighted by molar-refractivity contribution is -0.105. The van der Waals surface area contributed by atoms with Gasteiger partial charge in [0.2, 0.25) is 6.41 Å². The lowest BCUT2D eigenvalue weighted by Crippen LogP contribution is -2.07. The van der Waals surface area contributed by atoms with Gasteiger partial charge in [-0.1, -0.05) is 15.9 Å². The number of carbonyl (C=O) groups is 2. The molecule has 5 heteroatoms. The smallest absolute Gasteiger partial charge is 0.211 e. The van der Waals surface area contributed by atoms with E-state index in [9.17, 15) is 14.0 Å². The summed E-state index contributed by atoms with van der Waals surface area (Å²) < 4.78 is 13.6. The van der Waals surface area contributed by atoms with Gasteiger partial charge < -0.3 is 5.32 Å². The van der Waals surface area contributed by atoms with E-state index >= 15 is 0 Å². The Kier molecular flexibility index (Phi) is 4.06. The van der Waals surface area contributed by atoms with Crippen LogP contribution in [0.4, 0.5) is 10.1 Å². The highest BCUT2D eigenvalue weighted by atomic mass is 79.9. The molecular weight excluding hydrogens is 313 g/mol. The van der Waals surface area contributed by atoms with Crippen molar-refractivity contribution in [2.24, 2.45) is 0 Å². The Balaban J connectivity index is 2.45. The molecule has 0 fully saturated rings. The van der Waals surface area contributed by atoms with E-state index in [-0.39, 0.29) is 5.78 Å². The van der Waals surface area contributed by atoms with Crippen LogP contribution >= 0.6 is 15.9 Å². The number of ketones is 1. The van der Waals surface area contributed by atoms with Gasteiger partial charge in [0, 0.05) is 15.6 Å². The summed E-state index contributed by atoms with van der Waals surface area (Å²) in [5, 5.41) is 2.47. The van der Waals surface area contributed by atoms with Gasteiger partial charge in [-0.2, -0.15) is 0 Å². The summed E-state index contributed by atoms with van der Waals surface area (Å²) in [5.74, 6) is -0.692. The maximum Gasteiger partial charge on any atom is 0.211 e. The van der Waals surface area contributed by atoms with Crippen molar-refractivity contribution in [2.45, 2.75) is 0 Å². The molecule has 0 heterocycles. The highest BCUT2D eigenvalue weighted by Crippen LogP contribution is 2.23. The average Bonchev–Trinajstić information content (AvgIpc) is 2.41. The molecule has 1 N–H and O–H groups in total. The van der Waals surface area contributed by atoms with Crippen LogP contribution in [0.2, 0.25) is 0 Å². The Morgan fingerprint density at radius 1 is 1.16 bits per heavy atom. The van der Waals surface area contributed by atoms with E-state index in [1.165, 1.54) is 24.3 Å². The summed E-state index contributed by atoms with van der Waals surface area (Å²) in [4.78, 5) is 22.8. The highest BCUT2D eigenvalue weighted by molar-refractivity contribution is 9.10. The zero-order valence-corrected chi connectivity index (χ0v) is 11.3. The number of halogens is 2. The second-order valence-corrected chi connectivity index (χ2v) is 4.70. The summed E-state index contributed by atoms with van der Waals surface area (Å²) >= 11 is 3.27. The molecule has 2 rings (SSSR count). The Bertz CT molecular complexity index is 626. The summed E-state index contributed by atoms with van der Waals surface area (Å²) in [5.41, 5.74) is 1.11. The Labute approximate surface area is 117 Å². The molecule has 3 nitrogen and oxygen atoms in total. The molecule has 2 aromatic rings. The zero-order chi connectivity index (χ0) is 13.8. The number of anilines is 1. The summed E-state index contributed by atoms with van der Waals surface area (Å²) in [7, 11) is 0. The minimum atomic E-state index is -0.406. The van der Waals surface area contributed by atoms with Crippen LogP contribution in [0.1, 0.15) is 15.9 Å². The van der Waals surface area contributed by atoms with Crippen molar-refractivity contribution in [3.63, 3.8) is 0 Å². The van der Waals surface area contributed by atoms with Crippen LogP contribution < -0.4 is 5.32 Å². The Morgan fingerprint density at radius 2 is 1.84 bits per heavy atom. The first kappa shape index (κ1) is 13.4. The van der Waals surface area contributed by atoms with E-state index < -0.39 is 5.82 Å². The highest BCUT2D eigenvalue weighted by Gasteiger charge is 2.14. The predicted octanol–water partition coefficient (Wildman–Crippen LogP) is 3.39. The first-order valence-electron chi connectivity index (χ1n) is 5.42. The lowest BCUT2D eigenvalue weighted by Gasteiger charge is -2.08. The van der Waals surface area contributed by atoms with Crippen LogP contribution in [0.5, 0.6) is 0 Å². The molecule has 0 saturated heterocycles. The van der Waals surface area contributed by atoms with Crippen molar-refractivity contribution in [1.82, 2.24) is 0 Å². The molecule has 0 aromatic heterocycles. The van der Waals surface area contributed by atoms with Gasteiger partial charge in [0.25, 0.3) is 0 Å². The van der Waals surface area contributed by atoms with Gasteiger partial charge in [-0.15, -0.1) is 0 Å². The van der Waals surface area contributed by atoms with Crippen LogP contribution in [-0.2, 0) is 4.79 Å². The fourth-order valence-corrected chi connectivity index (χ4v) is 2.01. The van der Waals surface area contributed by atoms with Gasteiger partial charge >= 0.3 is 0 Å². The molecule has 19 heavy (non-hydrogen) atoms. The van der Waals surface area contributed by atoms with Crippen molar-refractivity contribution >= 4 is 33.8 Å². The SMILES string of the molecule is O=CNc1ccc(Br)cc1C(=O)c1ccc(F)cc1. The molecule has 0 aliphatic carbocycles. The second-order valence-electron chi connectivity index (χ2n) is 3.79. The summed E-state index contributed by atoms with van der Waals surface area (Å²) in [6.45, 7) is 0. The minimum absolute atomic E-state index is 0.286. The predicted molar refractivity (Wildman–Crippen MR) is 73.7 cm³/mol. The molecular formula is C14H9BrFNO2. The summed E-state index contributed by atoms with van der Waals surface area (Å²) in [6.07, 6.45) is 0.505. The van der Waals surface area contributed by atoms with Gasteiger partial charge in [-0.3, -0.25) is 9.59 Å². The molecule has 0 radical (unpaired) electrons. The van der Waals surface area contributed by atoms with Gasteiger partial charge in [-0.05, 0) is 42.5 Å². The maximum absolute atomic E-state index is 12.8. The maximum atomic E-state index is 12.8. The van der Waals surface area contributed by atoms with Gasteiger partial charge in [0.05, 0.1) is 5.69 Å². The monoisotopic (exact) mass is 321 g/mol. The summed E-state index contributed by atoms with van der Waals surface area (Å²) in [6, 6.07) is 10.2. The third-order valence-corrected chi connectivity index (χ3v) is 3.04. The molecule has 1 amide bonds. The number of benzene rings is 2. The van der Waals surface area contributed by atoms with Gasteiger partial charge in [0.15, 0.2) is 5.78 Å². The molecule has 0 aliphatic heterocycles. The number of rotatable bonds is 4. The first-order valence-corrected chi connectivity index (χ1v) is 6.21. The molecule has 0 spiro atoms. The average molecular weight is 322 g/mol. The second kappa shape index (κ2) is 5.75. The number of amides is 1. The molecule has 0 unspecified atom stereocenters. The van der Waals surface area contributed by atoms with Crippen molar-refractivity contribution < 1.29 is 14.0 Å².